The lowest BCUT2D eigenvalue weighted by molar-refractivity contribution is -0.126. The monoisotopic (exact) mass is 286 g/mol. The molecular weight excluding hydrogens is 272 g/mol. The highest BCUT2D eigenvalue weighted by Crippen LogP contribution is 2.29. The van der Waals surface area contributed by atoms with Crippen LogP contribution in [-0.2, 0) is 4.79 Å². The average Bonchev–Trinajstić information content (AvgIpc) is 2.30. The SMILES string of the molecule is CC(Oc1ccc(Cl)cc1C(C)O)C(=O)NC(N)=O. The van der Waals surface area contributed by atoms with Crippen LogP contribution in [0.15, 0.2) is 18.2 Å². The molecule has 0 aromatic heterocycles. The Kier molecular flexibility index (Phi) is 5.14. The van der Waals surface area contributed by atoms with Gasteiger partial charge in [-0.05, 0) is 32.0 Å². The lowest BCUT2D eigenvalue weighted by Gasteiger charge is -2.17. The molecule has 104 valence electrons. The number of primary amides is 1. The normalized spacial score (nSPS) is 13.5. The van der Waals surface area contributed by atoms with E-state index in [1.807, 2.05) is 5.32 Å². The minimum Gasteiger partial charge on any atom is -0.480 e. The number of rotatable bonds is 4. The van der Waals surface area contributed by atoms with Crippen molar-refractivity contribution in [1.82, 2.24) is 5.32 Å². The van der Waals surface area contributed by atoms with Gasteiger partial charge in [0.2, 0.25) is 0 Å². The maximum Gasteiger partial charge on any atom is 0.318 e. The number of nitrogens with one attached hydrogen (secondary N) is 1. The summed E-state index contributed by atoms with van der Waals surface area (Å²) in [4.78, 5) is 22.0. The van der Waals surface area contributed by atoms with Crippen molar-refractivity contribution < 1.29 is 19.4 Å². The molecule has 0 aliphatic rings. The standard InChI is InChI=1S/C12H15ClN2O4/c1-6(16)9-5-8(13)3-4-10(9)19-7(2)11(17)15-12(14)18/h3-7,16H,1-2H3,(H3,14,15,17,18). The zero-order chi connectivity index (χ0) is 14.6. The molecule has 2 atom stereocenters. The van der Waals surface area contributed by atoms with E-state index in [0.29, 0.717) is 16.3 Å². The number of aliphatic hydroxyl groups excluding tert-OH is 1. The zero-order valence-electron chi connectivity index (χ0n) is 10.5. The molecule has 0 saturated heterocycles. The third-order valence-corrected chi connectivity index (χ3v) is 2.58. The Bertz CT molecular complexity index is 491. The molecule has 0 spiro atoms. The lowest BCUT2D eigenvalue weighted by Crippen LogP contribution is -2.42. The van der Waals surface area contributed by atoms with Gasteiger partial charge in [0.15, 0.2) is 6.10 Å². The van der Waals surface area contributed by atoms with Crippen LogP contribution in [0.25, 0.3) is 0 Å². The van der Waals surface area contributed by atoms with Gasteiger partial charge in [-0.15, -0.1) is 0 Å². The van der Waals surface area contributed by atoms with Crippen LogP contribution in [0.4, 0.5) is 4.79 Å². The molecule has 0 aliphatic carbocycles. The molecule has 19 heavy (non-hydrogen) atoms. The molecule has 3 amide bonds. The summed E-state index contributed by atoms with van der Waals surface area (Å²) in [6.45, 7) is 3.01. The van der Waals surface area contributed by atoms with E-state index in [0.717, 1.165) is 0 Å². The van der Waals surface area contributed by atoms with Crippen LogP contribution in [-0.4, -0.2) is 23.1 Å². The van der Waals surface area contributed by atoms with Crippen molar-refractivity contribution in [2.24, 2.45) is 5.73 Å². The number of urea groups is 1. The summed E-state index contributed by atoms with van der Waals surface area (Å²) in [6, 6.07) is 3.70. The van der Waals surface area contributed by atoms with E-state index in [1.165, 1.54) is 6.92 Å². The molecule has 1 aromatic carbocycles. The molecule has 0 saturated carbocycles. The van der Waals surface area contributed by atoms with Gasteiger partial charge in [0, 0.05) is 10.6 Å². The van der Waals surface area contributed by atoms with Crippen LogP contribution in [0.5, 0.6) is 5.75 Å². The molecule has 0 aliphatic heterocycles. The molecule has 0 bridgehead atoms. The first-order valence-corrected chi connectivity index (χ1v) is 5.93. The molecule has 1 aromatic rings. The minimum absolute atomic E-state index is 0.312. The molecule has 2 unspecified atom stereocenters. The highest BCUT2D eigenvalue weighted by molar-refractivity contribution is 6.30. The van der Waals surface area contributed by atoms with E-state index >= 15 is 0 Å². The minimum atomic E-state index is -0.952. The van der Waals surface area contributed by atoms with Crippen molar-refractivity contribution >= 4 is 23.5 Å². The largest absolute Gasteiger partial charge is 0.480 e. The number of carbonyl (C=O) groups excluding carboxylic acids is 2. The van der Waals surface area contributed by atoms with Gasteiger partial charge in [-0.1, -0.05) is 11.6 Å². The molecule has 4 N–H and O–H groups in total. The predicted molar refractivity (Wildman–Crippen MR) is 69.9 cm³/mol. The molecule has 0 radical (unpaired) electrons. The highest BCUT2D eigenvalue weighted by atomic mass is 35.5. The summed E-state index contributed by atoms with van der Waals surface area (Å²) in [7, 11) is 0. The number of nitrogens with two attached hydrogens (primary N) is 1. The molecule has 1 rings (SSSR count). The lowest BCUT2D eigenvalue weighted by atomic mass is 10.1. The summed E-state index contributed by atoms with van der Waals surface area (Å²) in [5, 5.41) is 12.0. The number of hydrogen-bond acceptors (Lipinski definition) is 4. The summed E-state index contributed by atoms with van der Waals surface area (Å²) in [5.41, 5.74) is 5.29. The van der Waals surface area contributed by atoms with Crippen LogP contribution in [0, 0.1) is 0 Å². The molecule has 7 heteroatoms. The van der Waals surface area contributed by atoms with Crippen LogP contribution in [0.2, 0.25) is 5.02 Å². The van der Waals surface area contributed by atoms with E-state index in [1.54, 1.807) is 25.1 Å². The number of aliphatic hydroxyl groups is 1. The van der Waals surface area contributed by atoms with Crippen LogP contribution >= 0.6 is 11.6 Å². The van der Waals surface area contributed by atoms with E-state index in [9.17, 15) is 14.7 Å². The predicted octanol–water partition coefficient (Wildman–Crippen LogP) is 1.36. The van der Waals surface area contributed by atoms with Gasteiger partial charge < -0.3 is 15.6 Å². The summed E-state index contributed by atoms with van der Waals surface area (Å²) < 4.78 is 5.39. The second kappa shape index (κ2) is 6.40. The third-order valence-electron chi connectivity index (χ3n) is 2.34. The van der Waals surface area contributed by atoms with Crippen LogP contribution in [0.3, 0.4) is 0 Å². The van der Waals surface area contributed by atoms with Crippen molar-refractivity contribution in [3.8, 4) is 5.75 Å². The Labute approximate surface area is 115 Å². The van der Waals surface area contributed by atoms with Crippen molar-refractivity contribution in [3.63, 3.8) is 0 Å². The van der Waals surface area contributed by atoms with Crippen molar-refractivity contribution in [2.45, 2.75) is 26.1 Å². The second-order valence-corrected chi connectivity index (χ2v) is 4.41. The Morgan fingerprint density at radius 2 is 2.05 bits per heavy atom. The van der Waals surface area contributed by atoms with E-state index < -0.39 is 24.1 Å². The highest BCUT2D eigenvalue weighted by Gasteiger charge is 2.19. The van der Waals surface area contributed by atoms with Gasteiger partial charge in [0.25, 0.3) is 5.91 Å². The molecule has 6 nitrogen and oxygen atoms in total. The first kappa shape index (κ1) is 15.3. The third kappa shape index (κ3) is 4.42. The fourth-order valence-corrected chi connectivity index (χ4v) is 1.60. The van der Waals surface area contributed by atoms with Gasteiger partial charge in [-0.25, -0.2) is 4.79 Å². The Hall–Kier alpha value is -1.79. The maximum atomic E-state index is 11.5. The van der Waals surface area contributed by atoms with Crippen molar-refractivity contribution in [1.29, 1.82) is 0 Å². The fraction of sp³-hybridized carbons (Fsp3) is 0.333. The fourth-order valence-electron chi connectivity index (χ4n) is 1.42. The number of imide groups is 1. The summed E-state index contributed by atoms with van der Waals surface area (Å²) >= 11 is 5.82. The van der Waals surface area contributed by atoms with Crippen molar-refractivity contribution in [3.05, 3.63) is 28.8 Å². The quantitative estimate of drug-likeness (QED) is 0.777. The first-order valence-electron chi connectivity index (χ1n) is 5.55. The smallest absolute Gasteiger partial charge is 0.318 e. The number of benzene rings is 1. The number of carbonyl (C=O) groups is 2. The number of amides is 3. The molecule has 0 heterocycles. The van der Waals surface area contributed by atoms with E-state index in [-0.39, 0.29) is 0 Å². The van der Waals surface area contributed by atoms with Gasteiger partial charge in [-0.2, -0.15) is 0 Å². The summed E-state index contributed by atoms with van der Waals surface area (Å²) in [6.07, 6.45) is -1.74. The van der Waals surface area contributed by atoms with Gasteiger partial charge in [0.05, 0.1) is 6.10 Å². The topological polar surface area (TPSA) is 102 Å². The first-order chi connectivity index (χ1) is 8.81. The van der Waals surface area contributed by atoms with Crippen molar-refractivity contribution in [2.75, 3.05) is 0 Å². The Balaban J connectivity index is 2.87. The van der Waals surface area contributed by atoms with Crippen LogP contribution in [0.1, 0.15) is 25.5 Å². The molecular formula is C12H15ClN2O4. The number of ether oxygens (including phenoxy) is 1. The number of hydrogen-bond donors (Lipinski definition) is 3. The molecule has 0 fully saturated rings. The second-order valence-electron chi connectivity index (χ2n) is 3.97. The van der Waals surface area contributed by atoms with Gasteiger partial charge >= 0.3 is 6.03 Å². The van der Waals surface area contributed by atoms with Crippen LogP contribution < -0.4 is 15.8 Å². The van der Waals surface area contributed by atoms with Gasteiger partial charge in [0.1, 0.15) is 5.75 Å². The average molecular weight is 287 g/mol. The Morgan fingerprint density at radius 1 is 1.42 bits per heavy atom. The van der Waals surface area contributed by atoms with E-state index in [4.69, 9.17) is 22.1 Å². The zero-order valence-corrected chi connectivity index (χ0v) is 11.3. The van der Waals surface area contributed by atoms with Gasteiger partial charge in [-0.3, -0.25) is 10.1 Å². The Morgan fingerprint density at radius 3 is 2.58 bits per heavy atom. The maximum absolute atomic E-state index is 11.5. The summed E-state index contributed by atoms with van der Waals surface area (Å²) in [5.74, 6) is -0.356. The number of halogens is 1. The van der Waals surface area contributed by atoms with E-state index in [2.05, 4.69) is 0 Å².